The van der Waals surface area contributed by atoms with Gasteiger partial charge in [-0.15, -0.1) is 0 Å². The maximum absolute atomic E-state index is 12.0. The van der Waals surface area contributed by atoms with E-state index >= 15 is 0 Å². The monoisotopic (exact) mass is 250 g/mol. The summed E-state index contributed by atoms with van der Waals surface area (Å²) in [4.78, 5) is 12.0. The smallest absolute Gasteiger partial charge is 0.241 e. The molecule has 4 nitrogen and oxygen atoms in total. The largest absolute Gasteiger partial charge is 0.494 e. The van der Waals surface area contributed by atoms with Gasteiger partial charge >= 0.3 is 0 Å². The summed E-state index contributed by atoms with van der Waals surface area (Å²) < 4.78 is 5.37. The van der Waals surface area contributed by atoms with E-state index in [-0.39, 0.29) is 11.3 Å². The van der Waals surface area contributed by atoms with Gasteiger partial charge in [0.05, 0.1) is 12.6 Å². The fourth-order valence-electron chi connectivity index (χ4n) is 1.44. The lowest BCUT2D eigenvalue weighted by atomic mass is 9.87. The molecule has 4 heteroatoms. The van der Waals surface area contributed by atoms with E-state index in [0.29, 0.717) is 12.3 Å². The van der Waals surface area contributed by atoms with Crippen LogP contribution in [0.2, 0.25) is 0 Å². The third-order valence-corrected chi connectivity index (χ3v) is 2.63. The van der Waals surface area contributed by atoms with Crippen LogP contribution in [0.15, 0.2) is 24.3 Å². The van der Waals surface area contributed by atoms with E-state index in [0.717, 1.165) is 5.75 Å². The van der Waals surface area contributed by atoms with Crippen molar-refractivity contribution < 1.29 is 9.53 Å². The van der Waals surface area contributed by atoms with Crippen molar-refractivity contribution in [3.63, 3.8) is 0 Å². The Hall–Kier alpha value is -1.55. The Balaban J connectivity index is 2.73. The fourth-order valence-corrected chi connectivity index (χ4v) is 1.44. The number of carbonyl (C=O) groups is 1. The van der Waals surface area contributed by atoms with Crippen molar-refractivity contribution in [3.05, 3.63) is 24.3 Å². The predicted molar refractivity (Wildman–Crippen MR) is 73.7 cm³/mol. The Morgan fingerprint density at radius 1 is 1.44 bits per heavy atom. The number of nitrogens with one attached hydrogen (secondary N) is 1. The van der Waals surface area contributed by atoms with Crippen molar-refractivity contribution in [1.82, 2.24) is 0 Å². The number of hydrogen-bond donors (Lipinski definition) is 2. The van der Waals surface area contributed by atoms with Gasteiger partial charge in [0.25, 0.3) is 0 Å². The number of nitrogens with two attached hydrogens (primary N) is 1. The van der Waals surface area contributed by atoms with Crippen molar-refractivity contribution in [1.29, 1.82) is 0 Å². The maximum atomic E-state index is 12.0. The summed E-state index contributed by atoms with van der Waals surface area (Å²) in [5.74, 6) is 0.552. The third-order valence-electron chi connectivity index (χ3n) is 2.63. The lowest BCUT2D eigenvalue weighted by Gasteiger charge is -2.25. The van der Waals surface area contributed by atoms with E-state index in [4.69, 9.17) is 10.5 Å². The minimum atomic E-state index is -0.548. The quantitative estimate of drug-likeness (QED) is 0.862. The number of ether oxygens (including phenoxy) is 1. The van der Waals surface area contributed by atoms with Crippen LogP contribution in [-0.2, 0) is 4.79 Å². The average Bonchev–Trinajstić information content (AvgIpc) is 2.27. The molecule has 0 saturated carbocycles. The second-order valence-electron chi connectivity index (χ2n) is 5.29. The molecule has 0 spiro atoms. The van der Waals surface area contributed by atoms with Crippen LogP contribution >= 0.6 is 0 Å². The number of benzene rings is 1. The number of rotatable bonds is 4. The second-order valence-corrected chi connectivity index (χ2v) is 5.29. The number of hydrogen-bond acceptors (Lipinski definition) is 3. The summed E-state index contributed by atoms with van der Waals surface area (Å²) in [6.07, 6.45) is 0. The molecule has 0 aliphatic heterocycles. The van der Waals surface area contributed by atoms with Gasteiger partial charge in [0.2, 0.25) is 5.91 Å². The van der Waals surface area contributed by atoms with Crippen LogP contribution < -0.4 is 15.8 Å². The van der Waals surface area contributed by atoms with Crippen LogP contribution in [-0.4, -0.2) is 18.6 Å². The summed E-state index contributed by atoms with van der Waals surface area (Å²) in [6, 6.07) is 6.74. The minimum absolute atomic E-state index is 0.184. The summed E-state index contributed by atoms with van der Waals surface area (Å²) in [6.45, 7) is 8.33. The first-order chi connectivity index (χ1) is 8.34. The molecule has 100 valence electrons. The zero-order valence-electron chi connectivity index (χ0n) is 11.5. The molecule has 0 unspecified atom stereocenters. The van der Waals surface area contributed by atoms with Gasteiger partial charge in [-0.3, -0.25) is 4.79 Å². The van der Waals surface area contributed by atoms with Crippen LogP contribution in [0.25, 0.3) is 0 Å². The Labute approximate surface area is 109 Å². The molecule has 1 aromatic carbocycles. The van der Waals surface area contributed by atoms with Gasteiger partial charge in [-0.25, -0.2) is 0 Å². The molecule has 0 bridgehead atoms. The average molecular weight is 250 g/mol. The number of carbonyl (C=O) groups excluding carboxylic acids is 1. The zero-order chi connectivity index (χ0) is 13.8. The van der Waals surface area contributed by atoms with Crippen LogP contribution in [0.1, 0.15) is 27.7 Å². The highest BCUT2D eigenvalue weighted by Gasteiger charge is 2.27. The van der Waals surface area contributed by atoms with E-state index in [1.165, 1.54) is 0 Å². The fraction of sp³-hybridized carbons (Fsp3) is 0.500. The molecular weight excluding hydrogens is 228 g/mol. The molecule has 0 fully saturated rings. The highest BCUT2D eigenvalue weighted by atomic mass is 16.5. The highest BCUT2D eigenvalue weighted by Crippen LogP contribution is 2.21. The number of anilines is 1. The molecule has 1 rings (SSSR count). The highest BCUT2D eigenvalue weighted by molar-refractivity contribution is 5.95. The van der Waals surface area contributed by atoms with Gasteiger partial charge in [-0.05, 0) is 24.5 Å². The molecule has 0 saturated heterocycles. The lowest BCUT2D eigenvalue weighted by molar-refractivity contribution is -0.119. The molecule has 0 radical (unpaired) electrons. The molecule has 0 aliphatic carbocycles. The van der Waals surface area contributed by atoms with E-state index in [1.54, 1.807) is 6.07 Å². The molecule has 3 N–H and O–H groups in total. The second kappa shape index (κ2) is 5.87. The van der Waals surface area contributed by atoms with Crippen molar-refractivity contribution in [2.75, 3.05) is 11.9 Å². The van der Waals surface area contributed by atoms with Crippen LogP contribution in [0, 0.1) is 5.41 Å². The van der Waals surface area contributed by atoms with Crippen molar-refractivity contribution in [3.8, 4) is 5.75 Å². The molecule has 0 aliphatic rings. The van der Waals surface area contributed by atoms with Crippen molar-refractivity contribution in [2.24, 2.45) is 11.1 Å². The first kappa shape index (κ1) is 14.5. The Bertz CT molecular complexity index is 411. The van der Waals surface area contributed by atoms with Gasteiger partial charge in [0.15, 0.2) is 0 Å². The Kier molecular flexibility index (Phi) is 4.73. The lowest BCUT2D eigenvalue weighted by Crippen LogP contribution is -2.45. The summed E-state index contributed by atoms with van der Waals surface area (Å²) >= 11 is 0. The first-order valence-electron chi connectivity index (χ1n) is 6.14. The van der Waals surface area contributed by atoms with Gasteiger partial charge in [-0.2, -0.15) is 0 Å². The SMILES string of the molecule is CCOc1cccc(NC(=O)[C@H](N)C(C)(C)C)c1. The van der Waals surface area contributed by atoms with Crippen molar-refractivity contribution >= 4 is 11.6 Å². The third kappa shape index (κ3) is 4.04. The summed E-state index contributed by atoms with van der Waals surface area (Å²) in [7, 11) is 0. The molecule has 0 aromatic heterocycles. The van der Waals surface area contributed by atoms with Crippen LogP contribution in [0.4, 0.5) is 5.69 Å². The molecular formula is C14H22N2O2. The summed E-state index contributed by atoms with van der Waals surface area (Å²) in [5.41, 5.74) is 6.33. The standard InChI is InChI=1S/C14H22N2O2/c1-5-18-11-8-6-7-10(9-11)16-13(17)12(15)14(2,3)4/h6-9,12H,5,15H2,1-4H3,(H,16,17)/t12-/m0/s1. The molecule has 1 amide bonds. The van der Waals surface area contributed by atoms with Crippen LogP contribution in [0.5, 0.6) is 5.75 Å². The minimum Gasteiger partial charge on any atom is -0.494 e. The molecule has 1 atom stereocenters. The van der Waals surface area contributed by atoms with Gasteiger partial charge in [0.1, 0.15) is 5.75 Å². The van der Waals surface area contributed by atoms with Gasteiger partial charge in [0, 0.05) is 11.8 Å². The van der Waals surface area contributed by atoms with Gasteiger partial charge in [-0.1, -0.05) is 26.8 Å². The van der Waals surface area contributed by atoms with E-state index in [9.17, 15) is 4.79 Å². The maximum Gasteiger partial charge on any atom is 0.241 e. The van der Waals surface area contributed by atoms with Gasteiger partial charge < -0.3 is 15.8 Å². The molecule has 1 aromatic rings. The Morgan fingerprint density at radius 3 is 2.67 bits per heavy atom. The number of amides is 1. The molecule has 0 heterocycles. The molecule has 18 heavy (non-hydrogen) atoms. The van der Waals surface area contributed by atoms with Crippen LogP contribution in [0.3, 0.4) is 0 Å². The zero-order valence-corrected chi connectivity index (χ0v) is 11.5. The normalized spacial score (nSPS) is 12.9. The topological polar surface area (TPSA) is 64.3 Å². The summed E-state index contributed by atoms with van der Waals surface area (Å²) in [5, 5.41) is 2.80. The van der Waals surface area contributed by atoms with E-state index < -0.39 is 6.04 Å². The first-order valence-corrected chi connectivity index (χ1v) is 6.14. The van der Waals surface area contributed by atoms with E-state index in [2.05, 4.69) is 5.32 Å². The van der Waals surface area contributed by atoms with E-state index in [1.807, 2.05) is 45.9 Å². The predicted octanol–water partition coefficient (Wildman–Crippen LogP) is 2.40. The van der Waals surface area contributed by atoms with Crippen molar-refractivity contribution in [2.45, 2.75) is 33.7 Å². The Morgan fingerprint density at radius 2 is 2.11 bits per heavy atom.